The van der Waals surface area contributed by atoms with Crippen molar-refractivity contribution >= 4 is 22.4 Å². The molecule has 33 heavy (non-hydrogen) atoms. The number of rotatable bonds is 5. The average Bonchev–Trinajstić information content (AvgIpc) is 2.69. The van der Waals surface area contributed by atoms with Crippen LogP contribution in [-0.4, -0.2) is 27.9 Å². The maximum Gasteiger partial charge on any atom is 0.426 e. The van der Waals surface area contributed by atoms with E-state index < -0.39 is 58.2 Å². The molecular formula is C21H16F6N2O4. The Labute approximate surface area is 181 Å². The van der Waals surface area contributed by atoms with Crippen LogP contribution in [0.2, 0.25) is 0 Å². The molecule has 176 valence electrons. The van der Waals surface area contributed by atoms with Crippen molar-refractivity contribution in [2.45, 2.75) is 37.5 Å². The van der Waals surface area contributed by atoms with Crippen molar-refractivity contribution in [2.75, 3.05) is 5.32 Å². The second-order valence-corrected chi connectivity index (χ2v) is 8.04. The maximum atomic E-state index is 14.2. The van der Waals surface area contributed by atoms with Crippen molar-refractivity contribution in [3.8, 4) is 0 Å². The predicted molar refractivity (Wildman–Crippen MR) is 104 cm³/mol. The number of nitrogens with one attached hydrogen (secondary N) is 1. The van der Waals surface area contributed by atoms with Gasteiger partial charge in [0.15, 0.2) is 11.6 Å². The number of aliphatic hydroxyl groups is 1. The number of anilines is 1. The Balaban J connectivity index is 1.99. The second-order valence-electron chi connectivity index (χ2n) is 8.04. The van der Waals surface area contributed by atoms with E-state index in [1.807, 2.05) is 5.32 Å². The van der Waals surface area contributed by atoms with Crippen molar-refractivity contribution < 1.29 is 40.8 Å². The summed E-state index contributed by atoms with van der Waals surface area (Å²) in [6.45, 7) is 1.99. The van der Waals surface area contributed by atoms with Crippen LogP contribution in [-0.2, 0) is 10.2 Å². The lowest BCUT2D eigenvalue weighted by Crippen LogP contribution is -2.57. The number of carbonyl (C=O) groups excluding carboxylic acids is 1. The first-order chi connectivity index (χ1) is 15.2. The molecule has 12 heteroatoms. The van der Waals surface area contributed by atoms with Crippen LogP contribution in [0.15, 0.2) is 45.8 Å². The Morgan fingerprint density at radius 1 is 1.12 bits per heavy atom. The highest BCUT2D eigenvalue weighted by Crippen LogP contribution is 2.43. The Morgan fingerprint density at radius 2 is 1.79 bits per heavy atom. The van der Waals surface area contributed by atoms with Gasteiger partial charge in [0.05, 0.1) is 11.6 Å². The molecule has 1 amide bonds. The van der Waals surface area contributed by atoms with Crippen LogP contribution in [0.5, 0.6) is 0 Å². The molecule has 0 saturated heterocycles. The molecule has 0 saturated carbocycles. The van der Waals surface area contributed by atoms with Crippen LogP contribution < -0.4 is 10.9 Å². The second kappa shape index (κ2) is 8.18. The summed E-state index contributed by atoms with van der Waals surface area (Å²) in [6.07, 6.45) is -5.92. The minimum Gasteiger partial charge on any atom is -0.373 e. The monoisotopic (exact) mass is 474 g/mol. The van der Waals surface area contributed by atoms with Gasteiger partial charge in [-0.1, -0.05) is 19.0 Å². The fourth-order valence-electron chi connectivity index (χ4n) is 3.44. The van der Waals surface area contributed by atoms with Gasteiger partial charge >= 0.3 is 11.8 Å². The molecule has 0 fully saturated rings. The zero-order chi connectivity index (χ0) is 24.8. The van der Waals surface area contributed by atoms with Gasteiger partial charge in [0, 0.05) is 23.6 Å². The van der Waals surface area contributed by atoms with Gasteiger partial charge in [-0.3, -0.25) is 4.79 Å². The molecule has 1 unspecified atom stereocenters. The Morgan fingerprint density at radius 3 is 2.42 bits per heavy atom. The summed E-state index contributed by atoms with van der Waals surface area (Å²) < 4.78 is 87.4. The summed E-state index contributed by atoms with van der Waals surface area (Å²) >= 11 is 0. The van der Waals surface area contributed by atoms with Crippen molar-refractivity contribution in [1.29, 1.82) is 0 Å². The number of benzene rings is 2. The third-order valence-electron chi connectivity index (χ3n) is 5.12. The highest BCUT2D eigenvalue weighted by Gasteiger charge is 2.61. The Kier molecular flexibility index (Phi) is 6.01. The molecule has 3 aromatic rings. The molecule has 6 nitrogen and oxygen atoms in total. The van der Waals surface area contributed by atoms with E-state index in [1.165, 1.54) is 6.07 Å². The molecule has 2 aromatic carbocycles. The summed E-state index contributed by atoms with van der Waals surface area (Å²) in [5, 5.41) is 15.8. The highest BCUT2D eigenvalue weighted by atomic mass is 19.4. The summed E-state index contributed by atoms with van der Waals surface area (Å²) in [5.74, 6) is -6.40. The quantitative estimate of drug-likeness (QED) is 0.427. The van der Waals surface area contributed by atoms with Gasteiger partial charge in [0.2, 0.25) is 5.60 Å². The maximum absolute atomic E-state index is 14.2. The lowest BCUT2D eigenvalue weighted by Gasteiger charge is -2.36. The number of hydrogen-bond donors (Lipinski definition) is 2. The van der Waals surface area contributed by atoms with Gasteiger partial charge in [0.25, 0.3) is 5.91 Å². The number of carbonyl (C=O) groups is 1. The number of hydrogen-bond acceptors (Lipinski definition) is 5. The molecule has 1 atom stereocenters. The smallest absolute Gasteiger partial charge is 0.373 e. The third kappa shape index (κ3) is 4.56. The molecule has 1 aromatic heterocycles. The van der Waals surface area contributed by atoms with Gasteiger partial charge in [-0.05, 0) is 35.2 Å². The molecule has 1 heterocycles. The lowest BCUT2D eigenvalue weighted by atomic mass is 9.74. The molecule has 0 aliphatic carbocycles. The summed E-state index contributed by atoms with van der Waals surface area (Å²) in [7, 11) is 0. The first-order valence-electron chi connectivity index (χ1n) is 9.30. The zero-order valence-electron chi connectivity index (χ0n) is 17.1. The highest BCUT2D eigenvalue weighted by molar-refractivity contribution is 5.99. The number of nitrogens with zero attached hydrogens (tertiary/aromatic N) is 1. The normalized spacial score (nSPS) is 14.2. The standard InChI is InChI=1S/C21H16F6N2O4/c1-19(2,14-6-11(22)7-15(23)16(14)24)9-20(32,21(25,26)27)18(31)29-12-3-4-13-10(5-12)8-28-33-17(13)30/h3-8,32H,9H2,1-2H3,(H,29,31). The van der Waals surface area contributed by atoms with E-state index in [4.69, 9.17) is 0 Å². The molecule has 3 rings (SSSR count). The van der Waals surface area contributed by atoms with Crippen LogP contribution in [0.3, 0.4) is 0 Å². The number of fused-ring (bicyclic) bond motifs is 1. The van der Waals surface area contributed by atoms with Crippen LogP contribution in [0.25, 0.3) is 10.8 Å². The van der Waals surface area contributed by atoms with E-state index in [0.717, 1.165) is 32.2 Å². The summed E-state index contributed by atoms with van der Waals surface area (Å²) in [6, 6.07) is 4.10. The van der Waals surface area contributed by atoms with Crippen LogP contribution in [0.4, 0.5) is 32.0 Å². The largest absolute Gasteiger partial charge is 0.426 e. The van der Waals surface area contributed by atoms with E-state index in [1.54, 1.807) is 0 Å². The minimum atomic E-state index is -5.55. The first kappa shape index (κ1) is 24.2. The Bertz CT molecular complexity index is 1290. The molecule has 0 aliphatic rings. The third-order valence-corrected chi connectivity index (χ3v) is 5.12. The molecule has 0 radical (unpaired) electrons. The summed E-state index contributed by atoms with van der Waals surface area (Å²) in [4.78, 5) is 24.2. The van der Waals surface area contributed by atoms with Gasteiger partial charge in [-0.2, -0.15) is 13.2 Å². The number of amides is 1. The van der Waals surface area contributed by atoms with Crippen LogP contribution in [0, 0.1) is 17.5 Å². The van der Waals surface area contributed by atoms with E-state index in [9.17, 15) is 41.0 Å². The van der Waals surface area contributed by atoms with Crippen molar-refractivity contribution in [3.63, 3.8) is 0 Å². The topological polar surface area (TPSA) is 92.4 Å². The summed E-state index contributed by atoms with van der Waals surface area (Å²) in [5.41, 5.74) is -7.94. The van der Waals surface area contributed by atoms with Crippen LogP contribution >= 0.6 is 0 Å². The first-order valence-corrected chi connectivity index (χ1v) is 9.30. The Hall–Kier alpha value is -3.41. The minimum absolute atomic E-state index is 0.0406. The SMILES string of the molecule is CC(C)(CC(O)(C(=O)Nc1ccc2c(=O)oncc2c1)C(F)(F)F)c1cc(F)cc(F)c1F. The van der Waals surface area contributed by atoms with Gasteiger partial charge in [0.1, 0.15) is 5.82 Å². The van der Waals surface area contributed by atoms with E-state index >= 15 is 0 Å². The van der Waals surface area contributed by atoms with Crippen molar-refractivity contribution in [1.82, 2.24) is 5.16 Å². The van der Waals surface area contributed by atoms with E-state index in [2.05, 4.69) is 9.68 Å². The number of alkyl halides is 3. The van der Waals surface area contributed by atoms with Crippen molar-refractivity contribution in [3.05, 3.63) is 70.0 Å². The van der Waals surface area contributed by atoms with E-state index in [-0.39, 0.29) is 22.5 Å². The fraction of sp³-hybridized carbons (Fsp3) is 0.286. The average molecular weight is 474 g/mol. The molecular weight excluding hydrogens is 458 g/mol. The van der Waals surface area contributed by atoms with E-state index in [0.29, 0.717) is 6.07 Å². The van der Waals surface area contributed by atoms with Crippen molar-refractivity contribution in [2.24, 2.45) is 0 Å². The van der Waals surface area contributed by atoms with Gasteiger partial charge < -0.3 is 14.9 Å². The number of halogens is 6. The van der Waals surface area contributed by atoms with Gasteiger partial charge in [-0.15, -0.1) is 0 Å². The molecule has 2 N–H and O–H groups in total. The predicted octanol–water partition coefficient (Wildman–Crippen LogP) is 4.21. The lowest BCUT2D eigenvalue weighted by molar-refractivity contribution is -0.254. The molecule has 0 spiro atoms. The zero-order valence-corrected chi connectivity index (χ0v) is 17.1. The van der Waals surface area contributed by atoms with Crippen LogP contribution in [0.1, 0.15) is 25.8 Å². The fourth-order valence-corrected chi connectivity index (χ4v) is 3.44. The molecule has 0 bridgehead atoms. The van der Waals surface area contributed by atoms with Gasteiger partial charge in [-0.25, -0.2) is 18.0 Å². The molecule has 0 aliphatic heterocycles. The number of aromatic nitrogens is 1.